The number of carbonyl (C=O) groups is 1. The molecule has 1 aromatic heterocycles. The topological polar surface area (TPSA) is 74.6 Å². The summed E-state index contributed by atoms with van der Waals surface area (Å²) in [6.45, 7) is 3.53. The molecule has 0 N–H and O–H groups in total. The lowest BCUT2D eigenvalue weighted by Crippen LogP contribution is -2.27. The minimum Gasteiger partial charge on any atom is -0.497 e. The van der Waals surface area contributed by atoms with Gasteiger partial charge < -0.3 is 9.47 Å². The molecule has 0 radical (unpaired) electrons. The van der Waals surface area contributed by atoms with Gasteiger partial charge in [0.05, 0.1) is 30.0 Å². The quantitative estimate of drug-likeness (QED) is 0.220. The van der Waals surface area contributed by atoms with Crippen molar-refractivity contribution < 1.29 is 22.7 Å². The third-order valence-corrected chi connectivity index (χ3v) is 8.01. The smallest absolute Gasteiger partial charge is 0.311 e. The lowest BCUT2D eigenvalue weighted by atomic mass is 9.86. The molecule has 0 aliphatic heterocycles. The van der Waals surface area contributed by atoms with Crippen LogP contribution in [-0.2, 0) is 30.4 Å². The molecule has 0 unspecified atom stereocenters. The second kappa shape index (κ2) is 8.99. The van der Waals surface area contributed by atoms with Crippen LogP contribution in [0.15, 0.2) is 47.5 Å². The number of nitrogens with zero attached hydrogens (tertiary/aromatic N) is 1. The van der Waals surface area contributed by atoms with E-state index in [2.05, 4.69) is 22.6 Å². The molecule has 3 rings (SSSR count). The monoisotopic (exact) mass is 575 g/mol. The maximum Gasteiger partial charge on any atom is 0.311 e. The van der Waals surface area contributed by atoms with E-state index >= 15 is 0 Å². The summed E-state index contributed by atoms with van der Waals surface area (Å²) < 4.78 is 39.2. The molecule has 1 heterocycles. The average molecular weight is 576 g/mol. The van der Waals surface area contributed by atoms with Crippen molar-refractivity contribution in [1.82, 2.24) is 3.97 Å². The molecule has 2 aromatic carbocycles. The van der Waals surface area contributed by atoms with Crippen molar-refractivity contribution in [2.45, 2.75) is 29.6 Å². The Balaban J connectivity index is 2.22. The fraction of sp³-hybridized carbons (Fsp3) is 0.318. The zero-order valence-corrected chi connectivity index (χ0v) is 21.3. The summed E-state index contributed by atoms with van der Waals surface area (Å²) in [5, 5.41) is 1.22. The van der Waals surface area contributed by atoms with E-state index in [1.807, 2.05) is 0 Å². The lowest BCUT2D eigenvalue weighted by molar-refractivity contribution is -0.150. The minimum atomic E-state index is -3.90. The van der Waals surface area contributed by atoms with Crippen LogP contribution in [0.5, 0.6) is 5.75 Å². The van der Waals surface area contributed by atoms with Crippen LogP contribution in [0, 0.1) is 5.41 Å². The fourth-order valence-electron chi connectivity index (χ4n) is 3.46. The molecular formula is C22H23ClINO5S. The Morgan fingerprint density at radius 2 is 1.84 bits per heavy atom. The van der Waals surface area contributed by atoms with Crippen LogP contribution in [-0.4, -0.2) is 32.6 Å². The number of carbonyl (C=O) groups excluding carboxylic acids is 1. The maximum absolute atomic E-state index is 13.5. The average Bonchev–Trinajstić information content (AvgIpc) is 3.10. The maximum atomic E-state index is 13.5. The second-order valence-electron chi connectivity index (χ2n) is 7.78. The number of fused-ring (bicyclic) bond motifs is 1. The van der Waals surface area contributed by atoms with Gasteiger partial charge in [0.15, 0.2) is 0 Å². The zero-order valence-electron chi connectivity index (χ0n) is 17.6. The Hall–Kier alpha value is -1.78. The highest BCUT2D eigenvalue weighted by molar-refractivity contribution is 14.1. The zero-order chi connectivity index (χ0) is 23.0. The van der Waals surface area contributed by atoms with E-state index in [4.69, 9.17) is 21.1 Å². The van der Waals surface area contributed by atoms with Crippen LogP contribution in [0.2, 0.25) is 5.02 Å². The van der Waals surface area contributed by atoms with Crippen molar-refractivity contribution in [2.75, 3.05) is 14.2 Å². The number of esters is 1. The molecule has 31 heavy (non-hydrogen) atoms. The first-order chi connectivity index (χ1) is 14.5. The summed E-state index contributed by atoms with van der Waals surface area (Å²) in [6, 6.07) is 9.89. The molecule has 0 spiro atoms. The fourth-order valence-corrected chi connectivity index (χ4v) is 5.95. The van der Waals surface area contributed by atoms with Gasteiger partial charge in [0.25, 0.3) is 10.0 Å². The van der Waals surface area contributed by atoms with Crippen LogP contribution < -0.4 is 4.74 Å². The van der Waals surface area contributed by atoms with Crippen molar-refractivity contribution in [3.8, 4) is 5.75 Å². The molecule has 9 heteroatoms. The molecule has 0 aliphatic rings. The van der Waals surface area contributed by atoms with E-state index in [9.17, 15) is 13.2 Å². The highest BCUT2D eigenvalue weighted by Gasteiger charge is 2.31. The molecule has 0 atom stereocenters. The molecule has 3 aromatic rings. The van der Waals surface area contributed by atoms with E-state index in [0.717, 1.165) is 5.56 Å². The van der Waals surface area contributed by atoms with E-state index in [-0.39, 0.29) is 10.9 Å². The van der Waals surface area contributed by atoms with Gasteiger partial charge in [-0.3, -0.25) is 4.79 Å². The van der Waals surface area contributed by atoms with Gasteiger partial charge in [-0.1, -0.05) is 34.2 Å². The van der Waals surface area contributed by atoms with Crippen LogP contribution in [0.3, 0.4) is 0 Å². The number of hydrogen-bond donors (Lipinski definition) is 0. The van der Waals surface area contributed by atoms with E-state index in [1.165, 1.54) is 17.1 Å². The Morgan fingerprint density at radius 3 is 2.45 bits per heavy atom. The number of rotatable bonds is 7. The van der Waals surface area contributed by atoms with Crippen LogP contribution in [0.1, 0.15) is 25.0 Å². The third kappa shape index (κ3) is 4.56. The predicted molar refractivity (Wildman–Crippen MR) is 130 cm³/mol. The lowest BCUT2D eigenvalue weighted by Gasteiger charge is -2.20. The highest BCUT2D eigenvalue weighted by atomic mass is 127. The SMILES string of the molecule is COC(=O)C(C)(C)Cc1cn(S(=O)(=O)c2ccc(Cl)c(CI)c2)c2ccc(OC)cc12. The summed E-state index contributed by atoms with van der Waals surface area (Å²) in [5.41, 5.74) is 1.11. The Kier molecular flexibility index (Phi) is 6.93. The largest absolute Gasteiger partial charge is 0.497 e. The first-order valence-electron chi connectivity index (χ1n) is 9.41. The minimum absolute atomic E-state index is 0.148. The van der Waals surface area contributed by atoms with E-state index in [0.29, 0.717) is 38.1 Å². The first-order valence-corrected chi connectivity index (χ1v) is 12.8. The number of benzene rings is 2. The van der Waals surface area contributed by atoms with Crippen LogP contribution in [0.25, 0.3) is 10.9 Å². The van der Waals surface area contributed by atoms with Gasteiger partial charge in [-0.25, -0.2) is 12.4 Å². The van der Waals surface area contributed by atoms with Crippen molar-refractivity contribution in [2.24, 2.45) is 5.41 Å². The second-order valence-corrected chi connectivity index (χ2v) is 10.8. The van der Waals surface area contributed by atoms with Crippen molar-refractivity contribution >= 4 is 61.1 Å². The number of halogens is 2. The molecule has 0 aliphatic carbocycles. The summed E-state index contributed by atoms with van der Waals surface area (Å²) in [4.78, 5) is 12.4. The van der Waals surface area contributed by atoms with Crippen LogP contribution in [0.4, 0.5) is 0 Å². The molecule has 0 bridgehead atoms. The Bertz CT molecular complexity index is 1250. The standard InChI is InChI=1S/C22H23ClINO5S/c1-22(2,21(26)30-4)11-15-13-25(20-8-5-16(29-3)10-18(15)20)31(27,28)17-6-7-19(23)14(9-17)12-24/h5-10,13H,11-12H2,1-4H3. The molecule has 166 valence electrons. The van der Waals surface area contributed by atoms with Gasteiger partial charge in [0.1, 0.15) is 5.75 Å². The highest BCUT2D eigenvalue weighted by Crippen LogP contribution is 2.34. The number of methoxy groups -OCH3 is 2. The summed E-state index contributed by atoms with van der Waals surface area (Å²) >= 11 is 8.32. The first kappa shape index (κ1) is 23.9. The number of hydrogen-bond acceptors (Lipinski definition) is 5. The van der Waals surface area contributed by atoms with Crippen molar-refractivity contribution in [3.63, 3.8) is 0 Å². The number of alkyl halides is 1. The molecule has 0 saturated carbocycles. The molecule has 0 amide bonds. The third-order valence-electron chi connectivity index (χ3n) is 5.15. The molecule has 0 saturated heterocycles. The summed E-state index contributed by atoms with van der Waals surface area (Å²) in [7, 11) is -1.01. The van der Waals surface area contributed by atoms with Gasteiger partial charge in [0.2, 0.25) is 0 Å². The molecular weight excluding hydrogens is 553 g/mol. The number of aromatic nitrogens is 1. The summed E-state index contributed by atoms with van der Waals surface area (Å²) in [6.07, 6.45) is 1.87. The molecule has 6 nitrogen and oxygen atoms in total. The van der Waals surface area contributed by atoms with Gasteiger partial charge in [-0.15, -0.1) is 0 Å². The number of ether oxygens (including phenoxy) is 2. The Labute approximate surface area is 200 Å². The normalized spacial score (nSPS) is 12.2. The predicted octanol–water partition coefficient (Wildman–Crippen LogP) is 5.22. The molecule has 0 fully saturated rings. The van der Waals surface area contributed by atoms with Gasteiger partial charge >= 0.3 is 5.97 Å². The van der Waals surface area contributed by atoms with E-state index in [1.54, 1.807) is 57.5 Å². The van der Waals surface area contributed by atoms with E-state index < -0.39 is 15.4 Å². The Morgan fingerprint density at radius 1 is 1.13 bits per heavy atom. The summed E-state index contributed by atoms with van der Waals surface area (Å²) in [5.74, 6) is 0.224. The van der Waals surface area contributed by atoms with Crippen molar-refractivity contribution in [3.05, 3.63) is 58.7 Å². The van der Waals surface area contributed by atoms with Crippen LogP contribution >= 0.6 is 34.2 Å². The van der Waals surface area contributed by atoms with Crippen molar-refractivity contribution in [1.29, 1.82) is 0 Å². The van der Waals surface area contributed by atoms with Gasteiger partial charge in [-0.05, 0) is 67.8 Å². The van der Waals surface area contributed by atoms with Gasteiger partial charge in [-0.2, -0.15) is 0 Å². The van der Waals surface area contributed by atoms with Gasteiger partial charge in [0, 0.05) is 21.0 Å².